The van der Waals surface area contributed by atoms with Gasteiger partial charge in [0.15, 0.2) is 0 Å². The zero-order valence-electron chi connectivity index (χ0n) is 17.8. The van der Waals surface area contributed by atoms with Crippen LogP contribution in [-0.2, 0) is 22.3 Å². The van der Waals surface area contributed by atoms with E-state index in [0.717, 1.165) is 23.3 Å². The second-order valence-corrected chi connectivity index (χ2v) is 9.14. The van der Waals surface area contributed by atoms with E-state index in [0.29, 0.717) is 19.4 Å². The summed E-state index contributed by atoms with van der Waals surface area (Å²) in [4.78, 5) is 25.9. The van der Waals surface area contributed by atoms with E-state index in [1.807, 2.05) is 45.0 Å². The molecule has 1 heterocycles. The van der Waals surface area contributed by atoms with E-state index in [1.54, 1.807) is 0 Å². The van der Waals surface area contributed by atoms with E-state index >= 15 is 0 Å². The molecule has 2 aromatic carbocycles. The highest BCUT2D eigenvalue weighted by molar-refractivity contribution is 6.01. The van der Waals surface area contributed by atoms with Crippen LogP contribution in [0.2, 0.25) is 0 Å². The Hall–Kier alpha value is -2.67. The first-order chi connectivity index (χ1) is 14.5. The van der Waals surface area contributed by atoms with E-state index in [1.165, 1.54) is 12.1 Å². The van der Waals surface area contributed by atoms with E-state index in [-0.39, 0.29) is 11.0 Å². The summed E-state index contributed by atoms with van der Waals surface area (Å²) in [6, 6.07) is 11.6. The quantitative estimate of drug-likeness (QED) is 0.691. The molecule has 2 aromatic rings. The third-order valence-electron chi connectivity index (χ3n) is 5.49. The van der Waals surface area contributed by atoms with Crippen LogP contribution in [-0.4, -0.2) is 11.8 Å². The highest BCUT2D eigenvalue weighted by atomic mass is 19.4. The fourth-order valence-electron chi connectivity index (χ4n) is 3.77. The molecule has 2 N–H and O–H groups in total. The average molecular weight is 432 g/mol. The van der Waals surface area contributed by atoms with Gasteiger partial charge in [-0.25, -0.2) is 0 Å². The summed E-state index contributed by atoms with van der Waals surface area (Å²) in [5.41, 5.74) is 1.12. The SMILES string of the molecule is CC(C)(C)CCC(C(=O)NC(=O)C1NCc2ccccc21)c1cccc(C(F)(F)F)c1. The monoisotopic (exact) mass is 432 g/mol. The standard InChI is InChI=1S/C24H27F3N2O2/c1-23(2,3)12-11-19(15-8-6-9-17(13-15)24(25,26)27)21(30)29-22(31)20-18-10-5-4-7-16(18)14-28-20/h4-10,13,19-20,28H,11-12,14H2,1-3H3,(H,29,30,31). The van der Waals surface area contributed by atoms with E-state index in [2.05, 4.69) is 10.6 Å². The number of amides is 2. The van der Waals surface area contributed by atoms with Crippen molar-refractivity contribution in [1.29, 1.82) is 0 Å². The van der Waals surface area contributed by atoms with Crippen LogP contribution < -0.4 is 10.6 Å². The second kappa shape index (κ2) is 8.83. The lowest BCUT2D eigenvalue weighted by Crippen LogP contribution is -2.40. The van der Waals surface area contributed by atoms with Gasteiger partial charge in [0.1, 0.15) is 6.04 Å². The molecule has 2 atom stereocenters. The maximum absolute atomic E-state index is 13.2. The molecule has 3 rings (SSSR count). The predicted molar refractivity (Wildman–Crippen MR) is 112 cm³/mol. The molecule has 0 saturated carbocycles. The molecular weight excluding hydrogens is 405 g/mol. The first-order valence-corrected chi connectivity index (χ1v) is 10.3. The molecule has 1 aliphatic rings. The van der Waals surface area contributed by atoms with Gasteiger partial charge in [-0.3, -0.25) is 20.2 Å². The van der Waals surface area contributed by atoms with Crippen LogP contribution in [0.4, 0.5) is 13.2 Å². The molecule has 2 amide bonds. The van der Waals surface area contributed by atoms with Crippen LogP contribution in [0, 0.1) is 5.41 Å². The summed E-state index contributed by atoms with van der Waals surface area (Å²) < 4.78 is 39.6. The van der Waals surface area contributed by atoms with E-state index < -0.39 is 35.5 Å². The lowest BCUT2D eigenvalue weighted by atomic mass is 9.83. The van der Waals surface area contributed by atoms with Gasteiger partial charge in [-0.15, -0.1) is 0 Å². The van der Waals surface area contributed by atoms with E-state index in [4.69, 9.17) is 0 Å². The average Bonchev–Trinajstić information content (AvgIpc) is 3.11. The summed E-state index contributed by atoms with van der Waals surface area (Å²) in [5, 5.41) is 5.51. The number of imide groups is 1. The Morgan fingerprint density at radius 1 is 1.10 bits per heavy atom. The van der Waals surface area contributed by atoms with Crippen LogP contribution in [0.25, 0.3) is 0 Å². The summed E-state index contributed by atoms with van der Waals surface area (Å²) in [7, 11) is 0. The maximum Gasteiger partial charge on any atom is 0.416 e. The van der Waals surface area contributed by atoms with Gasteiger partial charge in [0.2, 0.25) is 11.8 Å². The maximum atomic E-state index is 13.2. The van der Waals surface area contributed by atoms with Gasteiger partial charge in [0, 0.05) is 6.54 Å². The van der Waals surface area contributed by atoms with Gasteiger partial charge in [-0.1, -0.05) is 63.2 Å². The zero-order valence-corrected chi connectivity index (χ0v) is 17.8. The highest BCUT2D eigenvalue weighted by Crippen LogP contribution is 2.34. The Morgan fingerprint density at radius 2 is 1.81 bits per heavy atom. The minimum Gasteiger partial charge on any atom is -0.298 e. The fourth-order valence-corrected chi connectivity index (χ4v) is 3.77. The molecule has 0 radical (unpaired) electrons. The molecule has 0 fully saturated rings. The van der Waals surface area contributed by atoms with Gasteiger partial charge < -0.3 is 0 Å². The van der Waals surface area contributed by atoms with Gasteiger partial charge in [0.05, 0.1) is 11.5 Å². The number of hydrogen-bond donors (Lipinski definition) is 2. The number of fused-ring (bicyclic) bond motifs is 1. The van der Waals surface area contributed by atoms with Crippen LogP contribution in [0.3, 0.4) is 0 Å². The summed E-state index contributed by atoms with van der Waals surface area (Å²) in [5.74, 6) is -1.94. The zero-order chi connectivity index (χ0) is 22.8. The molecule has 0 bridgehead atoms. The van der Waals surface area contributed by atoms with Gasteiger partial charge >= 0.3 is 6.18 Å². The molecule has 4 nitrogen and oxygen atoms in total. The van der Waals surface area contributed by atoms with Crippen molar-refractivity contribution in [3.63, 3.8) is 0 Å². The lowest BCUT2D eigenvalue weighted by Gasteiger charge is -2.24. The summed E-state index contributed by atoms with van der Waals surface area (Å²) in [6.07, 6.45) is -3.56. The number of alkyl halides is 3. The third kappa shape index (κ3) is 5.73. The first kappa shape index (κ1) is 23.0. The van der Waals surface area contributed by atoms with Gasteiger partial charge in [0.25, 0.3) is 0 Å². The Bertz CT molecular complexity index is 964. The Morgan fingerprint density at radius 3 is 2.48 bits per heavy atom. The Balaban J connectivity index is 1.82. The smallest absolute Gasteiger partial charge is 0.298 e. The van der Waals surface area contributed by atoms with Gasteiger partial charge in [-0.2, -0.15) is 13.2 Å². The lowest BCUT2D eigenvalue weighted by molar-refractivity contribution is -0.138. The van der Waals surface area contributed by atoms with Crippen molar-refractivity contribution in [3.05, 3.63) is 70.8 Å². The summed E-state index contributed by atoms with van der Waals surface area (Å²) in [6.45, 7) is 6.51. The van der Waals surface area contributed by atoms with Gasteiger partial charge in [-0.05, 0) is 41.0 Å². The number of carbonyl (C=O) groups excluding carboxylic acids is 2. The van der Waals surface area contributed by atoms with Crippen molar-refractivity contribution in [2.75, 3.05) is 0 Å². The largest absolute Gasteiger partial charge is 0.416 e. The molecule has 0 saturated heterocycles. The summed E-state index contributed by atoms with van der Waals surface area (Å²) >= 11 is 0. The Labute approximate surface area is 180 Å². The molecule has 0 spiro atoms. The number of nitrogens with one attached hydrogen (secondary N) is 2. The molecular formula is C24H27F3N2O2. The molecule has 7 heteroatoms. The van der Waals surface area contributed by atoms with Crippen LogP contribution in [0.5, 0.6) is 0 Å². The molecule has 166 valence electrons. The van der Waals surface area contributed by atoms with Crippen LogP contribution in [0.1, 0.15) is 67.8 Å². The molecule has 1 aliphatic heterocycles. The number of halogens is 3. The Kier molecular flexibility index (Phi) is 6.55. The van der Waals surface area contributed by atoms with Crippen LogP contribution in [0.15, 0.2) is 48.5 Å². The van der Waals surface area contributed by atoms with Crippen molar-refractivity contribution in [2.24, 2.45) is 5.41 Å². The molecule has 0 aromatic heterocycles. The fraction of sp³-hybridized carbons (Fsp3) is 0.417. The number of carbonyl (C=O) groups is 2. The molecule has 31 heavy (non-hydrogen) atoms. The topological polar surface area (TPSA) is 58.2 Å². The number of rotatable bonds is 5. The van der Waals surface area contributed by atoms with Crippen molar-refractivity contribution in [2.45, 2.75) is 58.3 Å². The number of hydrogen-bond acceptors (Lipinski definition) is 3. The third-order valence-corrected chi connectivity index (χ3v) is 5.49. The first-order valence-electron chi connectivity index (χ1n) is 10.3. The van der Waals surface area contributed by atoms with E-state index in [9.17, 15) is 22.8 Å². The predicted octanol–water partition coefficient (Wildman–Crippen LogP) is 5.10. The molecule has 0 aliphatic carbocycles. The van der Waals surface area contributed by atoms with Crippen molar-refractivity contribution in [3.8, 4) is 0 Å². The minimum atomic E-state index is -4.51. The van der Waals surface area contributed by atoms with Crippen molar-refractivity contribution >= 4 is 11.8 Å². The van der Waals surface area contributed by atoms with Crippen LogP contribution >= 0.6 is 0 Å². The highest BCUT2D eigenvalue weighted by Gasteiger charge is 2.34. The molecule has 2 unspecified atom stereocenters. The van der Waals surface area contributed by atoms with Crippen molar-refractivity contribution < 1.29 is 22.8 Å². The van der Waals surface area contributed by atoms with Crippen molar-refractivity contribution in [1.82, 2.24) is 10.6 Å². The normalized spacial score (nSPS) is 17.2. The minimum absolute atomic E-state index is 0.115. The number of benzene rings is 2. The second-order valence-electron chi connectivity index (χ2n) is 9.14.